The molecular formula is C37H73N3O6. The number of rotatable bonds is 29. The number of aliphatic hydroxyl groups is 2. The van der Waals surface area contributed by atoms with Crippen molar-refractivity contribution in [2.75, 3.05) is 59.0 Å². The Bertz CT molecular complexity index is 757. The number of carbonyl (C=O) groups excluding carboxylic acids is 2. The van der Waals surface area contributed by atoms with Crippen LogP contribution < -0.4 is 0 Å². The molecule has 1 rings (SSSR count). The summed E-state index contributed by atoms with van der Waals surface area (Å²) in [6.07, 6.45) is 16.1. The highest BCUT2D eigenvalue weighted by molar-refractivity contribution is 5.69. The predicted octanol–water partition coefficient (Wildman–Crippen LogP) is 6.18. The summed E-state index contributed by atoms with van der Waals surface area (Å²) in [4.78, 5) is 31.1. The molecule has 1 heterocycles. The van der Waals surface area contributed by atoms with Gasteiger partial charge >= 0.3 is 11.9 Å². The van der Waals surface area contributed by atoms with Crippen LogP contribution in [0.4, 0.5) is 0 Å². The molecule has 272 valence electrons. The first kappa shape index (κ1) is 42.8. The number of piperazine rings is 1. The summed E-state index contributed by atoms with van der Waals surface area (Å²) in [5.41, 5.74) is 0. The van der Waals surface area contributed by atoms with Crippen LogP contribution in [0, 0.1) is 0 Å². The lowest BCUT2D eigenvalue weighted by Crippen LogP contribution is -2.57. The van der Waals surface area contributed by atoms with E-state index in [0.29, 0.717) is 70.7 Å². The van der Waals surface area contributed by atoms with Crippen molar-refractivity contribution >= 4 is 11.9 Å². The first-order chi connectivity index (χ1) is 22.2. The van der Waals surface area contributed by atoms with Crippen molar-refractivity contribution in [3.05, 3.63) is 0 Å². The fraction of sp³-hybridized carbons (Fsp3) is 0.946. The Hall–Kier alpha value is -1.26. The summed E-state index contributed by atoms with van der Waals surface area (Å²) in [5, 5.41) is 21.5. The molecule has 9 nitrogen and oxygen atoms in total. The lowest BCUT2D eigenvalue weighted by Gasteiger charge is -2.44. The lowest BCUT2D eigenvalue weighted by atomic mass is 10.1. The van der Waals surface area contributed by atoms with Crippen molar-refractivity contribution in [1.29, 1.82) is 0 Å². The highest BCUT2D eigenvalue weighted by atomic mass is 16.5. The van der Waals surface area contributed by atoms with Gasteiger partial charge < -0.3 is 19.7 Å². The van der Waals surface area contributed by atoms with E-state index in [1.807, 2.05) is 6.92 Å². The van der Waals surface area contributed by atoms with E-state index in [1.165, 1.54) is 44.9 Å². The number of nitrogens with zero attached hydrogens (tertiary/aromatic N) is 3. The zero-order chi connectivity index (χ0) is 34.0. The molecule has 0 aromatic carbocycles. The first-order valence-electron chi connectivity index (χ1n) is 19.1. The third kappa shape index (κ3) is 21.6. The number of ether oxygens (including phenoxy) is 2. The van der Waals surface area contributed by atoms with Gasteiger partial charge in [0.05, 0.1) is 12.2 Å². The van der Waals surface area contributed by atoms with Gasteiger partial charge in [-0.15, -0.1) is 0 Å². The summed E-state index contributed by atoms with van der Waals surface area (Å²) in [6.45, 7) is 16.6. The van der Waals surface area contributed by atoms with Gasteiger partial charge in [0, 0.05) is 64.2 Å². The topological polar surface area (TPSA) is 103 Å². The molecule has 0 saturated carbocycles. The maximum absolute atomic E-state index is 12.6. The monoisotopic (exact) mass is 656 g/mol. The molecule has 0 aliphatic carbocycles. The van der Waals surface area contributed by atoms with Gasteiger partial charge in [0.25, 0.3) is 0 Å². The average Bonchev–Trinajstić information content (AvgIpc) is 3.01. The Morgan fingerprint density at radius 3 is 1.54 bits per heavy atom. The molecule has 0 amide bonds. The van der Waals surface area contributed by atoms with E-state index in [4.69, 9.17) is 9.47 Å². The molecule has 1 saturated heterocycles. The maximum Gasteiger partial charge on any atom is 0.305 e. The van der Waals surface area contributed by atoms with Crippen LogP contribution in [0.2, 0.25) is 0 Å². The van der Waals surface area contributed by atoms with Crippen molar-refractivity contribution < 1.29 is 29.3 Å². The number of carbonyl (C=O) groups is 2. The zero-order valence-electron chi connectivity index (χ0n) is 30.6. The van der Waals surface area contributed by atoms with Crippen LogP contribution in [0.15, 0.2) is 0 Å². The first-order valence-corrected chi connectivity index (χ1v) is 19.1. The van der Waals surface area contributed by atoms with Gasteiger partial charge in [-0.1, -0.05) is 91.4 Å². The molecule has 1 fully saturated rings. The molecule has 9 heteroatoms. The van der Waals surface area contributed by atoms with Crippen molar-refractivity contribution in [3.63, 3.8) is 0 Å². The second-order valence-corrected chi connectivity index (χ2v) is 13.8. The number of hydrogen-bond acceptors (Lipinski definition) is 9. The van der Waals surface area contributed by atoms with Crippen LogP contribution in [-0.2, 0) is 19.1 Å². The van der Waals surface area contributed by atoms with Crippen molar-refractivity contribution in [2.24, 2.45) is 0 Å². The van der Waals surface area contributed by atoms with Crippen molar-refractivity contribution in [1.82, 2.24) is 14.7 Å². The molecular weight excluding hydrogens is 582 g/mol. The van der Waals surface area contributed by atoms with Gasteiger partial charge in [-0.3, -0.25) is 24.3 Å². The standard InChI is InChI=1S/C37H73N3O6/c1-6-9-11-13-15-17-21-35(42)31-38(30-34(41)20-16-14-12-10-7-2)23-18-22-37(44)46-27-25-40-29-32(4)39(28-33(40)5)24-26-45-36(43)19-8-3/h32-35,41-42H,6-31H2,1-5H3. The normalized spacial score (nSPS) is 19.0. The van der Waals surface area contributed by atoms with Crippen LogP contribution in [0.1, 0.15) is 144 Å². The van der Waals surface area contributed by atoms with Crippen LogP contribution in [0.5, 0.6) is 0 Å². The highest BCUT2D eigenvalue weighted by Gasteiger charge is 2.29. The third-order valence-corrected chi connectivity index (χ3v) is 9.31. The largest absolute Gasteiger partial charge is 0.464 e. The predicted molar refractivity (Wildman–Crippen MR) is 188 cm³/mol. The van der Waals surface area contributed by atoms with Gasteiger partial charge in [0.1, 0.15) is 13.2 Å². The van der Waals surface area contributed by atoms with Gasteiger partial charge in [-0.05, 0) is 46.1 Å². The molecule has 0 aromatic heterocycles. The number of aliphatic hydroxyl groups excluding tert-OH is 2. The zero-order valence-corrected chi connectivity index (χ0v) is 30.6. The Kier molecular flexibility index (Phi) is 25.7. The third-order valence-electron chi connectivity index (χ3n) is 9.31. The Morgan fingerprint density at radius 1 is 0.652 bits per heavy atom. The smallest absolute Gasteiger partial charge is 0.305 e. The second kappa shape index (κ2) is 27.7. The molecule has 0 aromatic rings. The molecule has 0 bridgehead atoms. The van der Waals surface area contributed by atoms with Gasteiger partial charge in [-0.2, -0.15) is 0 Å². The molecule has 4 unspecified atom stereocenters. The van der Waals surface area contributed by atoms with E-state index in [2.05, 4.69) is 42.4 Å². The Morgan fingerprint density at radius 2 is 1.09 bits per heavy atom. The van der Waals surface area contributed by atoms with Gasteiger partial charge in [-0.25, -0.2) is 0 Å². The van der Waals surface area contributed by atoms with Gasteiger partial charge in [0.15, 0.2) is 0 Å². The molecule has 0 radical (unpaired) electrons. The summed E-state index contributed by atoms with van der Waals surface area (Å²) >= 11 is 0. The summed E-state index contributed by atoms with van der Waals surface area (Å²) in [7, 11) is 0. The molecule has 1 aliphatic heterocycles. The van der Waals surface area contributed by atoms with Crippen LogP contribution >= 0.6 is 0 Å². The van der Waals surface area contributed by atoms with Crippen molar-refractivity contribution in [2.45, 2.75) is 168 Å². The number of esters is 2. The molecule has 46 heavy (non-hydrogen) atoms. The fourth-order valence-electron chi connectivity index (χ4n) is 6.42. The van der Waals surface area contributed by atoms with E-state index in [1.54, 1.807) is 0 Å². The maximum atomic E-state index is 12.6. The summed E-state index contributed by atoms with van der Waals surface area (Å²) in [5.74, 6) is -0.305. The molecule has 2 N–H and O–H groups in total. The van der Waals surface area contributed by atoms with E-state index in [0.717, 1.165) is 64.6 Å². The minimum absolute atomic E-state index is 0.122. The summed E-state index contributed by atoms with van der Waals surface area (Å²) in [6, 6.07) is 0.668. The second-order valence-electron chi connectivity index (χ2n) is 13.8. The molecule has 0 spiro atoms. The number of unbranched alkanes of at least 4 members (excludes halogenated alkanes) is 9. The van der Waals surface area contributed by atoms with Gasteiger partial charge in [0.2, 0.25) is 0 Å². The molecule has 1 aliphatic rings. The SMILES string of the molecule is CCCCCCCCC(O)CN(CCCC(=O)OCCN1CC(C)N(CCOC(=O)CCC)CC1C)CC(O)CCCCCCC. The van der Waals surface area contributed by atoms with E-state index in [9.17, 15) is 19.8 Å². The quantitative estimate of drug-likeness (QED) is 0.0722. The minimum atomic E-state index is -0.407. The van der Waals surface area contributed by atoms with E-state index < -0.39 is 12.2 Å². The highest BCUT2D eigenvalue weighted by Crippen LogP contribution is 2.16. The minimum Gasteiger partial charge on any atom is -0.464 e. The Balaban J connectivity index is 2.40. The van der Waals surface area contributed by atoms with Crippen LogP contribution in [0.3, 0.4) is 0 Å². The average molecular weight is 656 g/mol. The molecule has 4 atom stereocenters. The lowest BCUT2D eigenvalue weighted by molar-refractivity contribution is -0.146. The number of hydrogen-bond donors (Lipinski definition) is 2. The Labute approximate surface area is 282 Å². The van der Waals surface area contributed by atoms with Crippen LogP contribution in [0.25, 0.3) is 0 Å². The van der Waals surface area contributed by atoms with E-state index in [-0.39, 0.29) is 11.9 Å². The summed E-state index contributed by atoms with van der Waals surface area (Å²) < 4.78 is 11.0. The van der Waals surface area contributed by atoms with Crippen molar-refractivity contribution in [3.8, 4) is 0 Å². The van der Waals surface area contributed by atoms with Crippen LogP contribution in [-0.4, -0.2) is 120 Å². The van der Waals surface area contributed by atoms with E-state index >= 15 is 0 Å². The fourth-order valence-corrected chi connectivity index (χ4v) is 6.42.